The van der Waals surface area contributed by atoms with Gasteiger partial charge in [-0.05, 0) is 23.8 Å². The fraction of sp³-hybridized carbons (Fsp3) is 0.409. The number of nitrogens with zero attached hydrogens (tertiary/aromatic N) is 4. The summed E-state index contributed by atoms with van der Waals surface area (Å²) in [5.41, 5.74) is 0.769. The summed E-state index contributed by atoms with van der Waals surface area (Å²) in [7, 11) is 8.44. The summed E-state index contributed by atoms with van der Waals surface area (Å²) in [5, 5.41) is 0. The molecular formula is C22H28N4O5. The van der Waals surface area contributed by atoms with Crippen LogP contribution in [-0.2, 0) is 4.79 Å². The molecule has 0 aliphatic carbocycles. The predicted molar refractivity (Wildman–Crippen MR) is 117 cm³/mol. The van der Waals surface area contributed by atoms with Gasteiger partial charge >= 0.3 is 0 Å². The zero-order valence-electron chi connectivity index (χ0n) is 18.5. The van der Waals surface area contributed by atoms with Gasteiger partial charge in [-0.1, -0.05) is 0 Å². The monoisotopic (exact) mass is 428 g/mol. The number of likely N-dealkylation sites (tertiary alicyclic amines) is 1. The van der Waals surface area contributed by atoms with Crippen LogP contribution in [0, 0.1) is 0 Å². The van der Waals surface area contributed by atoms with E-state index in [-0.39, 0.29) is 12.0 Å². The van der Waals surface area contributed by atoms with Crippen LogP contribution in [0.1, 0.15) is 12.0 Å². The Kier molecular flexibility index (Phi) is 7.17. The Hall–Kier alpha value is -3.49. The van der Waals surface area contributed by atoms with Gasteiger partial charge in [-0.15, -0.1) is 0 Å². The molecule has 31 heavy (non-hydrogen) atoms. The number of benzene rings is 1. The molecular weight excluding hydrogens is 400 g/mol. The maximum absolute atomic E-state index is 12.7. The number of hydrogen-bond acceptors (Lipinski definition) is 8. The summed E-state index contributed by atoms with van der Waals surface area (Å²) in [6, 6.07) is 3.58. The van der Waals surface area contributed by atoms with E-state index in [0.29, 0.717) is 36.2 Å². The second kappa shape index (κ2) is 10.0. The zero-order chi connectivity index (χ0) is 22.4. The molecule has 9 nitrogen and oxygen atoms in total. The molecule has 2 heterocycles. The number of aromatic nitrogens is 2. The van der Waals surface area contributed by atoms with Crippen molar-refractivity contribution in [3.8, 4) is 23.1 Å². The fourth-order valence-corrected chi connectivity index (χ4v) is 3.28. The largest absolute Gasteiger partial charge is 0.493 e. The summed E-state index contributed by atoms with van der Waals surface area (Å²) in [6.07, 6.45) is 7.14. The third-order valence-corrected chi connectivity index (χ3v) is 4.91. The third-order valence-electron chi connectivity index (χ3n) is 4.91. The van der Waals surface area contributed by atoms with Gasteiger partial charge in [-0.2, -0.15) is 4.98 Å². The third kappa shape index (κ3) is 5.36. The van der Waals surface area contributed by atoms with Crippen LogP contribution in [0.4, 0.5) is 5.82 Å². The van der Waals surface area contributed by atoms with Crippen LogP contribution in [0.3, 0.4) is 0 Å². The average Bonchev–Trinajstić information content (AvgIpc) is 3.25. The van der Waals surface area contributed by atoms with Crippen LogP contribution < -0.4 is 23.8 Å². The molecule has 0 radical (unpaired) electrons. The Bertz CT molecular complexity index is 922. The van der Waals surface area contributed by atoms with Crippen molar-refractivity contribution in [3.05, 3.63) is 36.2 Å². The molecule has 1 aliphatic rings. The second-order valence-corrected chi connectivity index (χ2v) is 7.21. The van der Waals surface area contributed by atoms with E-state index < -0.39 is 0 Å². The number of carbonyl (C=O) groups is 1. The lowest BCUT2D eigenvalue weighted by Gasteiger charge is -2.16. The molecule has 0 saturated carbocycles. The Morgan fingerprint density at radius 2 is 1.84 bits per heavy atom. The summed E-state index contributed by atoms with van der Waals surface area (Å²) in [4.78, 5) is 24.8. The highest BCUT2D eigenvalue weighted by molar-refractivity contribution is 5.92. The first-order valence-electron chi connectivity index (χ1n) is 9.88. The van der Waals surface area contributed by atoms with Crippen LogP contribution in [0.5, 0.6) is 23.1 Å². The molecule has 1 fully saturated rings. The van der Waals surface area contributed by atoms with Crippen molar-refractivity contribution in [3.63, 3.8) is 0 Å². The first-order valence-corrected chi connectivity index (χ1v) is 9.88. The van der Waals surface area contributed by atoms with Gasteiger partial charge in [-0.25, -0.2) is 0 Å². The van der Waals surface area contributed by atoms with Gasteiger partial charge < -0.3 is 28.7 Å². The first kappa shape index (κ1) is 22.2. The van der Waals surface area contributed by atoms with Crippen molar-refractivity contribution in [2.45, 2.75) is 12.5 Å². The van der Waals surface area contributed by atoms with Crippen LogP contribution in [0.2, 0.25) is 0 Å². The number of rotatable bonds is 8. The number of anilines is 1. The van der Waals surface area contributed by atoms with E-state index in [2.05, 4.69) is 9.97 Å². The summed E-state index contributed by atoms with van der Waals surface area (Å²) in [6.45, 7) is 1.11. The molecule has 1 unspecified atom stereocenters. The Balaban J connectivity index is 1.63. The van der Waals surface area contributed by atoms with E-state index >= 15 is 0 Å². The maximum atomic E-state index is 12.7. The Labute approximate surface area is 182 Å². The average molecular weight is 428 g/mol. The molecule has 1 aromatic heterocycles. The van der Waals surface area contributed by atoms with Crippen molar-refractivity contribution in [2.24, 2.45) is 0 Å². The van der Waals surface area contributed by atoms with E-state index in [0.717, 1.165) is 17.8 Å². The van der Waals surface area contributed by atoms with Crippen LogP contribution >= 0.6 is 0 Å². The molecule has 0 N–H and O–H groups in total. The Morgan fingerprint density at radius 1 is 1.13 bits per heavy atom. The molecule has 0 bridgehead atoms. The predicted octanol–water partition coefficient (Wildman–Crippen LogP) is 2.26. The van der Waals surface area contributed by atoms with Crippen molar-refractivity contribution in [2.75, 3.05) is 53.4 Å². The number of amides is 1. The molecule has 1 aromatic carbocycles. The molecule has 9 heteroatoms. The summed E-state index contributed by atoms with van der Waals surface area (Å²) >= 11 is 0. The molecule has 2 aromatic rings. The second-order valence-electron chi connectivity index (χ2n) is 7.21. The lowest BCUT2D eigenvalue weighted by molar-refractivity contribution is -0.125. The topological polar surface area (TPSA) is 86.2 Å². The molecule has 1 amide bonds. The number of carbonyl (C=O) groups excluding carboxylic acids is 1. The van der Waals surface area contributed by atoms with Gasteiger partial charge in [0.1, 0.15) is 6.10 Å². The number of hydrogen-bond donors (Lipinski definition) is 0. The Morgan fingerprint density at radius 3 is 2.45 bits per heavy atom. The van der Waals surface area contributed by atoms with Crippen molar-refractivity contribution in [1.29, 1.82) is 0 Å². The smallest absolute Gasteiger partial charge is 0.246 e. The highest BCUT2D eigenvalue weighted by atomic mass is 16.5. The SMILES string of the molecule is COc1cc(/C=C/C(=O)N2CCC(Oc3cncc(N(C)C)n3)C2)cc(OC)c1OC. The van der Waals surface area contributed by atoms with Crippen LogP contribution in [0.15, 0.2) is 30.6 Å². The summed E-state index contributed by atoms with van der Waals surface area (Å²) in [5.74, 6) is 2.66. The molecule has 0 spiro atoms. The zero-order valence-corrected chi connectivity index (χ0v) is 18.5. The van der Waals surface area contributed by atoms with E-state index in [9.17, 15) is 4.79 Å². The minimum absolute atomic E-state index is 0.0898. The van der Waals surface area contributed by atoms with E-state index in [4.69, 9.17) is 18.9 Å². The van der Waals surface area contributed by atoms with E-state index in [1.807, 2.05) is 19.0 Å². The van der Waals surface area contributed by atoms with Crippen molar-refractivity contribution >= 4 is 17.8 Å². The normalized spacial score (nSPS) is 15.8. The lowest BCUT2D eigenvalue weighted by Crippen LogP contribution is -2.29. The highest BCUT2D eigenvalue weighted by Gasteiger charge is 2.27. The minimum Gasteiger partial charge on any atom is -0.493 e. The van der Waals surface area contributed by atoms with Gasteiger partial charge in [0.25, 0.3) is 0 Å². The maximum Gasteiger partial charge on any atom is 0.246 e. The van der Waals surface area contributed by atoms with E-state index in [1.54, 1.807) is 56.8 Å². The quantitative estimate of drug-likeness (QED) is 0.592. The highest BCUT2D eigenvalue weighted by Crippen LogP contribution is 2.38. The fourth-order valence-electron chi connectivity index (χ4n) is 3.28. The summed E-state index contributed by atoms with van der Waals surface area (Å²) < 4.78 is 22.0. The molecule has 1 saturated heterocycles. The van der Waals surface area contributed by atoms with Gasteiger partial charge in [0.2, 0.25) is 17.5 Å². The van der Waals surface area contributed by atoms with Gasteiger partial charge in [-0.3, -0.25) is 9.78 Å². The van der Waals surface area contributed by atoms with Crippen LogP contribution in [-0.4, -0.2) is 75.4 Å². The number of ether oxygens (including phenoxy) is 4. The van der Waals surface area contributed by atoms with Gasteiger partial charge in [0.05, 0.1) is 40.3 Å². The van der Waals surface area contributed by atoms with Gasteiger partial charge in [0, 0.05) is 33.1 Å². The van der Waals surface area contributed by atoms with E-state index in [1.165, 1.54) is 6.08 Å². The van der Waals surface area contributed by atoms with Crippen molar-refractivity contribution in [1.82, 2.24) is 14.9 Å². The molecule has 166 valence electrons. The van der Waals surface area contributed by atoms with Crippen LogP contribution in [0.25, 0.3) is 6.08 Å². The minimum atomic E-state index is -0.120. The molecule has 3 rings (SSSR count). The standard InChI is InChI=1S/C22H28N4O5/c1-25(2)19-12-23-13-20(24-19)31-16-8-9-26(14-16)21(27)7-6-15-10-17(28-3)22(30-5)18(11-15)29-4/h6-7,10-13,16H,8-9,14H2,1-5H3/b7-6+. The molecule has 1 atom stereocenters. The van der Waals surface area contributed by atoms with Gasteiger partial charge in [0.15, 0.2) is 17.3 Å². The lowest BCUT2D eigenvalue weighted by atomic mass is 10.1. The number of methoxy groups -OCH3 is 3. The van der Waals surface area contributed by atoms with Crippen molar-refractivity contribution < 1.29 is 23.7 Å². The first-order chi connectivity index (χ1) is 14.9. The molecule has 1 aliphatic heterocycles.